The van der Waals surface area contributed by atoms with Crippen molar-refractivity contribution in [1.29, 1.82) is 5.26 Å². The van der Waals surface area contributed by atoms with E-state index < -0.39 is 11.5 Å². The minimum absolute atomic E-state index is 0.198. The van der Waals surface area contributed by atoms with E-state index in [1.807, 2.05) is 6.07 Å². The molecule has 2 N–H and O–H groups in total. The molecule has 8 nitrogen and oxygen atoms in total. The number of H-pyrrole nitrogens is 1. The molecule has 4 rings (SSSR count). The van der Waals surface area contributed by atoms with Crippen LogP contribution in [0.2, 0.25) is 0 Å². The Morgan fingerprint density at radius 3 is 3.00 bits per heavy atom. The summed E-state index contributed by atoms with van der Waals surface area (Å²) in [5.41, 5.74) is 1.76. The molecule has 1 aromatic carbocycles. The third-order valence-corrected chi connectivity index (χ3v) is 5.05. The number of nitriles is 1. The molecule has 0 aliphatic rings. The number of anilines is 1. The summed E-state index contributed by atoms with van der Waals surface area (Å²) >= 11 is 1.20. The number of aromatic amines is 1. The van der Waals surface area contributed by atoms with Crippen molar-refractivity contribution in [3.63, 3.8) is 0 Å². The lowest BCUT2D eigenvalue weighted by molar-refractivity contribution is -0.115. The predicted octanol–water partition coefficient (Wildman–Crippen LogP) is 2.65. The summed E-state index contributed by atoms with van der Waals surface area (Å²) < 4.78 is 14.5. The van der Waals surface area contributed by atoms with Crippen LogP contribution in [0.3, 0.4) is 0 Å². The van der Waals surface area contributed by atoms with E-state index in [2.05, 4.69) is 20.4 Å². The molecule has 0 saturated heterocycles. The molecule has 10 heteroatoms. The first kappa shape index (κ1) is 18.5. The summed E-state index contributed by atoms with van der Waals surface area (Å²) in [5, 5.41) is 16.4. The molecule has 3 heterocycles. The molecule has 0 atom stereocenters. The minimum Gasteiger partial charge on any atom is -0.302 e. The van der Waals surface area contributed by atoms with Gasteiger partial charge in [-0.15, -0.1) is 11.3 Å². The van der Waals surface area contributed by atoms with E-state index in [0.717, 1.165) is 4.52 Å². The standard InChI is InChI=1S/C19H13FN6O2S/c1-10-14(18(28)26-17(23-10)12(7-21)8-22-26)6-16(27)25-19-24-15(9-29-19)11-3-2-4-13(20)5-11/h2-5,8-9,22H,6H2,1H3,(H,24,25,27). The average molecular weight is 408 g/mol. The van der Waals surface area contributed by atoms with Crippen molar-refractivity contribution < 1.29 is 9.18 Å². The van der Waals surface area contributed by atoms with Gasteiger partial charge in [0.2, 0.25) is 5.91 Å². The third-order valence-electron chi connectivity index (χ3n) is 4.29. The number of hydrogen-bond donors (Lipinski definition) is 2. The number of nitrogens with zero attached hydrogens (tertiary/aromatic N) is 4. The van der Waals surface area contributed by atoms with E-state index in [-0.39, 0.29) is 29.0 Å². The van der Waals surface area contributed by atoms with Gasteiger partial charge >= 0.3 is 0 Å². The second-order valence-electron chi connectivity index (χ2n) is 6.21. The number of fused-ring (bicyclic) bond motifs is 1. The van der Waals surface area contributed by atoms with Crippen LogP contribution in [0.1, 0.15) is 16.8 Å². The number of nitrogens with one attached hydrogen (secondary N) is 2. The summed E-state index contributed by atoms with van der Waals surface area (Å²) in [6.45, 7) is 1.61. The Morgan fingerprint density at radius 1 is 1.41 bits per heavy atom. The number of hydrogen-bond acceptors (Lipinski definition) is 6. The molecule has 4 aromatic rings. The van der Waals surface area contributed by atoms with Crippen LogP contribution in [-0.2, 0) is 11.2 Å². The fourth-order valence-electron chi connectivity index (χ4n) is 2.88. The Morgan fingerprint density at radius 2 is 2.24 bits per heavy atom. The van der Waals surface area contributed by atoms with Crippen LogP contribution >= 0.6 is 11.3 Å². The third kappa shape index (κ3) is 3.51. The van der Waals surface area contributed by atoms with Gasteiger partial charge in [-0.2, -0.15) is 5.26 Å². The van der Waals surface area contributed by atoms with Crippen molar-refractivity contribution in [3.05, 3.63) is 68.8 Å². The number of benzene rings is 1. The van der Waals surface area contributed by atoms with Gasteiger partial charge < -0.3 is 5.32 Å². The van der Waals surface area contributed by atoms with E-state index in [4.69, 9.17) is 5.26 Å². The molecule has 1 amide bonds. The zero-order valence-corrected chi connectivity index (χ0v) is 15.9. The molecule has 144 valence electrons. The number of carbonyl (C=O) groups excluding carboxylic acids is 1. The normalized spacial score (nSPS) is 10.8. The number of halogens is 1. The average Bonchev–Trinajstić information content (AvgIpc) is 3.32. The van der Waals surface area contributed by atoms with Crippen molar-refractivity contribution in [3.8, 4) is 17.3 Å². The summed E-state index contributed by atoms with van der Waals surface area (Å²) in [6.07, 6.45) is 1.19. The van der Waals surface area contributed by atoms with Gasteiger partial charge in [0, 0.05) is 28.4 Å². The van der Waals surface area contributed by atoms with Crippen LogP contribution in [0, 0.1) is 24.1 Å². The van der Waals surface area contributed by atoms with Gasteiger partial charge in [-0.25, -0.2) is 18.9 Å². The van der Waals surface area contributed by atoms with Gasteiger partial charge in [-0.05, 0) is 19.1 Å². The summed E-state index contributed by atoms with van der Waals surface area (Å²) in [4.78, 5) is 33.6. The lowest BCUT2D eigenvalue weighted by atomic mass is 10.1. The predicted molar refractivity (Wildman–Crippen MR) is 105 cm³/mol. The first-order valence-corrected chi connectivity index (χ1v) is 9.35. The highest BCUT2D eigenvalue weighted by molar-refractivity contribution is 7.14. The van der Waals surface area contributed by atoms with Gasteiger partial charge in [-0.1, -0.05) is 12.1 Å². The van der Waals surface area contributed by atoms with E-state index >= 15 is 0 Å². The monoisotopic (exact) mass is 408 g/mol. The second-order valence-corrected chi connectivity index (χ2v) is 7.07. The highest BCUT2D eigenvalue weighted by Crippen LogP contribution is 2.25. The Labute approximate surface area is 167 Å². The lowest BCUT2D eigenvalue weighted by Crippen LogP contribution is -2.26. The molecule has 0 unspecified atom stereocenters. The molecule has 3 aromatic heterocycles. The van der Waals surface area contributed by atoms with E-state index in [9.17, 15) is 14.0 Å². The van der Waals surface area contributed by atoms with Crippen molar-refractivity contribution in [1.82, 2.24) is 19.6 Å². The van der Waals surface area contributed by atoms with E-state index in [0.29, 0.717) is 22.1 Å². The molecule has 0 radical (unpaired) electrons. The number of aromatic nitrogens is 4. The molecular formula is C19H13FN6O2S. The SMILES string of the molecule is Cc1nc2c(C#N)c[nH]n2c(=O)c1CC(=O)Nc1nc(-c2cccc(F)c2)cs1. The van der Waals surface area contributed by atoms with Crippen molar-refractivity contribution in [2.75, 3.05) is 5.32 Å². The zero-order valence-electron chi connectivity index (χ0n) is 15.1. The highest BCUT2D eigenvalue weighted by atomic mass is 32.1. The summed E-state index contributed by atoms with van der Waals surface area (Å²) in [5.74, 6) is -0.803. The molecule has 0 aliphatic heterocycles. The van der Waals surface area contributed by atoms with Gasteiger partial charge in [0.1, 0.15) is 17.4 Å². The zero-order chi connectivity index (χ0) is 20.5. The molecule has 0 spiro atoms. The number of rotatable bonds is 4. The molecule has 0 bridgehead atoms. The Hall–Kier alpha value is -3.84. The molecule has 0 saturated carbocycles. The summed E-state index contributed by atoms with van der Waals surface area (Å²) in [7, 11) is 0. The van der Waals surface area contributed by atoms with Crippen LogP contribution in [0.5, 0.6) is 0 Å². The highest BCUT2D eigenvalue weighted by Gasteiger charge is 2.17. The van der Waals surface area contributed by atoms with Crippen LogP contribution in [0.15, 0.2) is 40.6 Å². The Bertz CT molecular complexity index is 1350. The molecule has 0 fully saturated rings. The number of amides is 1. The minimum atomic E-state index is -0.441. The molecule has 29 heavy (non-hydrogen) atoms. The lowest BCUT2D eigenvalue weighted by Gasteiger charge is -2.05. The second kappa shape index (κ2) is 7.29. The first-order chi connectivity index (χ1) is 14.0. The van der Waals surface area contributed by atoms with Crippen LogP contribution in [0.25, 0.3) is 16.9 Å². The van der Waals surface area contributed by atoms with Crippen LogP contribution in [0.4, 0.5) is 9.52 Å². The van der Waals surface area contributed by atoms with Gasteiger partial charge in [0.15, 0.2) is 10.8 Å². The van der Waals surface area contributed by atoms with Crippen LogP contribution in [-0.4, -0.2) is 25.5 Å². The maximum absolute atomic E-state index is 13.4. The smallest absolute Gasteiger partial charge is 0.276 e. The van der Waals surface area contributed by atoms with Crippen LogP contribution < -0.4 is 10.9 Å². The van der Waals surface area contributed by atoms with Crippen molar-refractivity contribution in [2.45, 2.75) is 13.3 Å². The van der Waals surface area contributed by atoms with Gasteiger partial charge in [-0.3, -0.25) is 14.7 Å². The van der Waals surface area contributed by atoms with E-state index in [1.54, 1.807) is 24.4 Å². The van der Waals surface area contributed by atoms with Crippen molar-refractivity contribution >= 4 is 28.0 Å². The molecule has 0 aliphatic carbocycles. The maximum Gasteiger partial charge on any atom is 0.276 e. The van der Waals surface area contributed by atoms with Crippen molar-refractivity contribution in [2.24, 2.45) is 0 Å². The maximum atomic E-state index is 13.4. The summed E-state index contributed by atoms with van der Waals surface area (Å²) in [6, 6.07) is 7.96. The number of aryl methyl sites for hydroxylation is 1. The topological polar surface area (TPSA) is 116 Å². The Kier molecular flexibility index (Phi) is 4.66. The Balaban J connectivity index is 1.55. The molecular weight excluding hydrogens is 395 g/mol. The fraction of sp³-hybridized carbons (Fsp3) is 0.105. The number of thiazole rings is 1. The largest absolute Gasteiger partial charge is 0.302 e. The van der Waals surface area contributed by atoms with Gasteiger partial charge in [0.05, 0.1) is 12.1 Å². The fourth-order valence-corrected chi connectivity index (χ4v) is 3.61. The number of carbonyl (C=O) groups is 1. The van der Waals surface area contributed by atoms with Gasteiger partial charge in [0.25, 0.3) is 5.56 Å². The first-order valence-electron chi connectivity index (χ1n) is 8.47. The quantitative estimate of drug-likeness (QED) is 0.539. The van der Waals surface area contributed by atoms with E-state index in [1.165, 1.54) is 29.7 Å².